The van der Waals surface area contributed by atoms with Gasteiger partial charge in [-0.1, -0.05) is 41.7 Å². The predicted molar refractivity (Wildman–Crippen MR) is 132 cm³/mol. The number of benzene rings is 2. The van der Waals surface area contributed by atoms with Crippen LogP contribution in [0, 0.1) is 6.92 Å². The third-order valence-corrected chi connectivity index (χ3v) is 6.95. The normalized spacial score (nSPS) is 13.5. The first-order valence-corrected chi connectivity index (χ1v) is 12.4. The fraction of sp³-hybridized carbons (Fsp3) is 0.261. The van der Waals surface area contributed by atoms with E-state index in [0.717, 1.165) is 34.0 Å². The lowest BCUT2D eigenvalue weighted by Crippen LogP contribution is -2.38. The lowest BCUT2D eigenvalue weighted by Gasteiger charge is -2.16. The molecule has 1 aliphatic rings. The smallest absolute Gasteiger partial charge is 0.288 e. The minimum absolute atomic E-state index is 0.00441. The number of hydrogen-bond acceptors (Lipinski definition) is 8. The SMILES string of the molecule is COc1ccc(C)cc1-n1c(SCC(=O)NCCN2C(=O)CSC2=O)nc2ccccc2c1=O. The molecule has 0 unspecified atom stereocenters. The molecule has 1 saturated heterocycles. The van der Waals surface area contributed by atoms with Gasteiger partial charge in [-0.15, -0.1) is 0 Å². The Labute approximate surface area is 203 Å². The van der Waals surface area contributed by atoms with Gasteiger partial charge in [0, 0.05) is 13.1 Å². The van der Waals surface area contributed by atoms with Crippen LogP contribution in [-0.4, -0.2) is 63.2 Å². The van der Waals surface area contributed by atoms with E-state index < -0.39 is 0 Å². The first-order valence-electron chi connectivity index (χ1n) is 10.4. The van der Waals surface area contributed by atoms with E-state index in [4.69, 9.17) is 4.74 Å². The second-order valence-corrected chi connectivity index (χ2v) is 9.34. The summed E-state index contributed by atoms with van der Waals surface area (Å²) in [5, 5.41) is 3.21. The molecule has 0 aliphatic carbocycles. The Morgan fingerprint density at radius 3 is 2.74 bits per heavy atom. The molecule has 34 heavy (non-hydrogen) atoms. The second kappa shape index (κ2) is 10.3. The van der Waals surface area contributed by atoms with Crippen molar-refractivity contribution in [2.24, 2.45) is 0 Å². The topological polar surface area (TPSA) is 111 Å². The fourth-order valence-corrected chi connectivity index (χ4v) is 5.07. The van der Waals surface area contributed by atoms with Crippen molar-refractivity contribution >= 4 is 51.5 Å². The monoisotopic (exact) mass is 498 g/mol. The van der Waals surface area contributed by atoms with E-state index in [1.807, 2.05) is 19.1 Å². The van der Waals surface area contributed by atoms with Crippen molar-refractivity contribution in [3.8, 4) is 11.4 Å². The molecule has 0 saturated carbocycles. The highest BCUT2D eigenvalue weighted by Crippen LogP contribution is 2.28. The molecule has 3 aromatic rings. The van der Waals surface area contributed by atoms with E-state index in [-0.39, 0.29) is 47.2 Å². The maximum Gasteiger partial charge on any atom is 0.288 e. The van der Waals surface area contributed by atoms with Crippen molar-refractivity contribution in [2.45, 2.75) is 12.1 Å². The number of carbonyl (C=O) groups is 3. The van der Waals surface area contributed by atoms with Gasteiger partial charge in [0.1, 0.15) is 5.75 Å². The molecule has 1 fully saturated rings. The third kappa shape index (κ3) is 4.95. The number of carbonyl (C=O) groups excluding carboxylic acids is 3. The molecular weight excluding hydrogens is 476 g/mol. The number of para-hydroxylation sites is 1. The molecule has 1 aliphatic heterocycles. The van der Waals surface area contributed by atoms with Crippen LogP contribution in [0.5, 0.6) is 5.75 Å². The summed E-state index contributed by atoms with van der Waals surface area (Å²) in [4.78, 5) is 55.0. The van der Waals surface area contributed by atoms with Crippen molar-refractivity contribution in [3.63, 3.8) is 0 Å². The van der Waals surface area contributed by atoms with Crippen LogP contribution in [0.2, 0.25) is 0 Å². The van der Waals surface area contributed by atoms with Gasteiger partial charge in [-0.25, -0.2) is 4.98 Å². The maximum atomic E-state index is 13.4. The quantitative estimate of drug-likeness (QED) is 0.373. The Morgan fingerprint density at radius 2 is 2.00 bits per heavy atom. The summed E-state index contributed by atoms with van der Waals surface area (Å²) in [6, 6.07) is 12.5. The standard InChI is InChI=1S/C23H22N4O5S2/c1-14-7-8-18(32-2)17(11-14)27-21(30)15-5-3-4-6-16(15)25-22(27)33-12-19(28)24-9-10-26-20(29)13-34-23(26)31/h3-8,11H,9-10,12-13H2,1-2H3,(H,24,28). The van der Waals surface area contributed by atoms with Gasteiger partial charge in [0.25, 0.3) is 10.8 Å². The molecule has 0 atom stereocenters. The summed E-state index contributed by atoms with van der Waals surface area (Å²) in [5.74, 6) is 0.0806. The molecular formula is C23H22N4O5S2. The fourth-order valence-electron chi connectivity index (χ4n) is 3.48. The van der Waals surface area contributed by atoms with Gasteiger partial charge in [-0.05, 0) is 36.8 Å². The van der Waals surface area contributed by atoms with Crippen molar-refractivity contribution < 1.29 is 19.1 Å². The first-order chi connectivity index (χ1) is 16.4. The molecule has 0 spiro atoms. The Bertz CT molecular complexity index is 1320. The van der Waals surface area contributed by atoms with Crippen LogP contribution in [0.1, 0.15) is 5.56 Å². The van der Waals surface area contributed by atoms with Gasteiger partial charge in [0.2, 0.25) is 11.8 Å². The maximum absolute atomic E-state index is 13.4. The number of thioether (sulfide) groups is 2. The van der Waals surface area contributed by atoms with Gasteiger partial charge in [0.05, 0.1) is 35.2 Å². The summed E-state index contributed by atoms with van der Waals surface area (Å²) < 4.78 is 6.95. The van der Waals surface area contributed by atoms with Crippen molar-refractivity contribution in [1.82, 2.24) is 19.8 Å². The molecule has 2 aromatic carbocycles. The van der Waals surface area contributed by atoms with E-state index in [1.54, 1.807) is 30.3 Å². The van der Waals surface area contributed by atoms with Crippen LogP contribution in [0.4, 0.5) is 4.79 Å². The summed E-state index contributed by atoms with van der Waals surface area (Å²) >= 11 is 2.08. The Hall–Kier alpha value is -3.31. The minimum Gasteiger partial charge on any atom is -0.495 e. The van der Waals surface area contributed by atoms with Crippen molar-refractivity contribution in [2.75, 3.05) is 31.7 Å². The minimum atomic E-state index is -0.304. The van der Waals surface area contributed by atoms with E-state index in [1.165, 1.54) is 11.7 Å². The zero-order valence-corrected chi connectivity index (χ0v) is 20.2. The number of ether oxygens (including phenoxy) is 1. The molecule has 0 bridgehead atoms. The third-order valence-electron chi connectivity index (χ3n) is 5.15. The molecule has 1 N–H and O–H groups in total. The Balaban J connectivity index is 1.57. The number of fused-ring (bicyclic) bond motifs is 1. The highest BCUT2D eigenvalue weighted by atomic mass is 32.2. The predicted octanol–water partition coefficient (Wildman–Crippen LogP) is 2.61. The highest BCUT2D eigenvalue weighted by molar-refractivity contribution is 8.14. The summed E-state index contributed by atoms with van der Waals surface area (Å²) in [7, 11) is 1.53. The number of rotatable bonds is 8. The molecule has 1 aromatic heterocycles. The number of nitrogens with zero attached hydrogens (tertiary/aromatic N) is 3. The molecule has 0 radical (unpaired) electrons. The Kier molecular flexibility index (Phi) is 7.23. The number of aromatic nitrogens is 2. The number of methoxy groups -OCH3 is 1. The summed E-state index contributed by atoms with van der Waals surface area (Å²) in [6.07, 6.45) is 0. The molecule has 11 heteroatoms. The van der Waals surface area contributed by atoms with Crippen molar-refractivity contribution in [1.29, 1.82) is 0 Å². The highest BCUT2D eigenvalue weighted by Gasteiger charge is 2.29. The average molecular weight is 499 g/mol. The van der Waals surface area contributed by atoms with Gasteiger partial charge in [-0.3, -0.25) is 28.6 Å². The van der Waals surface area contributed by atoms with Crippen molar-refractivity contribution in [3.05, 3.63) is 58.4 Å². The van der Waals surface area contributed by atoms with Gasteiger partial charge in [0.15, 0.2) is 5.16 Å². The number of imide groups is 1. The molecule has 2 heterocycles. The van der Waals surface area contributed by atoms with Crippen LogP contribution in [0.25, 0.3) is 16.6 Å². The first kappa shape index (κ1) is 23.8. The van der Waals surface area contributed by atoms with Crippen LogP contribution >= 0.6 is 23.5 Å². The lowest BCUT2D eigenvalue weighted by molar-refractivity contribution is -0.125. The summed E-state index contributed by atoms with van der Waals surface area (Å²) in [5.41, 5.74) is 1.74. The number of hydrogen-bond donors (Lipinski definition) is 1. The number of aryl methyl sites for hydroxylation is 1. The van der Waals surface area contributed by atoms with Crippen LogP contribution < -0.4 is 15.6 Å². The van der Waals surface area contributed by atoms with E-state index in [2.05, 4.69) is 10.3 Å². The number of amides is 3. The van der Waals surface area contributed by atoms with E-state index in [9.17, 15) is 19.2 Å². The Morgan fingerprint density at radius 1 is 1.21 bits per heavy atom. The lowest BCUT2D eigenvalue weighted by atomic mass is 10.2. The van der Waals surface area contributed by atoms with Gasteiger partial charge >= 0.3 is 0 Å². The van der Waals surface area contributed by atoms with Gasteiger partial charge in [-0.2, -0.15) is 0 Å². The van der Waals surface area contributed by atoms with E-state index in [0.29, 0.717) is 27.5 Å². The molecule has 4 rings (SSSR count). The molecule has 9 nitrogen and oxygen atoms in total. The molecule has 3 amide bonds. The van der Waals surface area contributed by atoms with Crippen LogP contribution in [0.15, 0.2) is 52.4 Å². The second-order valence-electron chi connectivity index (χ2n) is 7.47. The molecule has 176 valence electrons. The summed E-state index contributed by atoms with van der Waals surface area (Å²) in [6.45, 7) is 2.19. The van der Waals surface area contributed by atoms with Crippen LogP contribution in [-0.2, 0) is 9.59 Å². The zero-order valence-electron chi connectivity index (χ0n) is 18.6. The van der Waals surface area contributed by atoms with E-state index >= 15 is 0 Å². The largest absolute Gasteiger partial charge is 0.495 e. The zero-order chi connectivity index (χ0) is 24.2. The van der Waals surface area contributed by atoms with Crippen LogP contribution in [0.3, 0.4) is 0 Å². The average Bonchev–Trinajstić information content (AvgIpc) is 3.15. The van der Waals surface area contributed by atoms with Gasteiger partial charge < -0.3 is 10.1 Å². The number of nitrogens with one attached hydrogen (secondary N) is 1.